The molecule has 1 aromatic rings. The summed E-state index contributed by atoms with van der Waals surface area (Å²) in [6, 6.07) is 3.39. The van der Waals surface area contributed by atoms with Crippen molar-refractivity contribution < 1.29 is 5.11 Å². The van der Waals surface area contributed by atoms with Gasteiger partial charge in [0, 0.05) is 0 Å². The van der Waals surface area contributed by atoms with Crippen molar-refractivity contribution >= 4 is 11.6 Å². The summed E-state index contributed by atoms with van der Waals surface area (Å²) in [6.45, 7) is 0.486. The first-order valence-electron chi connectivity index (χ1n) is 3.33. The molecule has 0 spiro atoms. The summed E-state index contributed by atoms with van der Waals surface area (Å²) >= 11 is 0. The first kappa shape index (κ1) is 7.74. The molecule has 11 heavy (non-hydrogen) atoms. The second-order valence-corrected chi connectivity index (χ2v) is 2.15. The fraction of sp³-hybridized carbons (Fsp3) is 0.333. The summed E-state index contributed by atoms with van der Waals surface area (Å²) in [4.78, 5) is 0. The average Bonchev–Trinajstić information content (AvgIpc) is 2.29. The Morgan fingerprint density at radius 2 is 1.91 bits per heavy atom. The van der Waals surface area contributed by atoms with Gasteiger partial charge in [-0.05, 0) is 12.1 Å². The van der Waals surface area contributed by atoms with E-state index in [1.54, 1.807) is 12.1 Å². The van der Waals surface area contributed by atoms with Crippen LogP contribution in [0.25, 0.3) is 0 Å². The summed E-state index contributed by atoms with van der Waals surface area (Å²) in [6.07, 6.45) is 0. The van der Waals surface area contributed by atoms with E-state index in [9.17, 15) is 0 Å². The van der Waals surface area contributed by atoms with Crippen molar-refractivity contribution in [2.24, 2.45) is 0 Å². The number of aromatic nitrogens is 1. The molecule has 5 nitrogen and oxygen atoms in total. The van der Waals surface area contributed by atoms with Gasteiger partial charge in [-0.3, -0.25) is 0 Å². The summed E-state index contributed by atoms with van der Waals surface area (Å²) in [5, 5.41) is 8.49. The molecule has 0 aromatic carbocycles. The van der Waals surface area contributed by atoms with Crippen LogP contribution >= 0.6 is 0 Å². The number of nitrogens with zero attached hydrogens (tertiary/aromatic N) is 1. The monoisotopic (exact) mass is 156 g/mol. The minimum atomic E-state index is 0.0526. The summed E-state index contributed by atoms with van der Waals surface area (Å²) in [5.41, 5.74) is 13.9. The fourth-order valence-electron chi connectivity index (χ4n) is 0.813. The van der Waals surface area contributed by atoms with Crippen molar-refractivity contribution in [2.75, 3.05) is 30.0 Å². The van der Waals surface area contributed by atoms with Crippen LogP contribution in [-0.4, -0.2) is 22.9 Å². The molecule has 0 amide bonds. The van der Waals surface area contributed by atoms with E-state index in [2.05, 4.69) is 5.43 Å². The Morgan fingerprint density at radius 1 is 1.36 bits per heavy atom. The Balaban J connectivity index is 2.67. The second kappa shape index (κ2) is 3.16. The molecule has 0 aliphatic carbocycles. The van der Waals surface area contributed by atoms with Gasteiger partial charge < -0.3 is 22.0 Å². The summed E-state index contributed by atoms with van der Waals surface area (Å²) in [5.74, 6) is 1.08. The molecule has 1 rings (SSSR count). The Bertz CT molecular complexity index is 213. The predicted molar refractivity (Wildman–Crippen MR) is 44.6 cm³/mol. The highest BCUT2D eigenvalue weighted by Gasteiger charge is 1.98. The van der Waals surface area contributed by atoms with Gasteiger partial charge in [0.15, 0.2) is 0 Å². The molecule has 0 fully saturated rings. The van der Waals surface area contributed by atoms with Gasteiger partial charge in [0.25, 0.3) is 0 Å². The Morgan fingerprint density at radius 3 is 2.36 bits per heavy atom. The molecule has 62 valence electrons. The van der Waals surface area contributed by atoms with E-state index in [-0.39, 0.29) is 6.61 Å². The van der Waals surface area contributed by atoms with Gasteiger partial charge in [-0.25, -0.2) is 4.68 Å². The van der Waals surface area contributed by atoms with Crippen LogP contribution in [0.2, 0.25) is 0 Å². The van der Waals surface area contributed by atoms with Gasteiger partial charge in [-0.1, -0.05) is 0 Å². The Labute approximate surface area is 64.6 Å². The molecule has 1 heterocycles. The van der Waals surface area contributed by atoms with Gasteiger partial charge in [0.1, 0.15) is 11.6 Å². The lowest BCUT2D eigenvalue weighted by molar-refractivity contribution is 0.307. The molecule has 0 unspecified atom stereocenters. The number of nitrogens with two attached hydrogens (primary N) is 2. The van der Waals surface area contributed by atoms with Crippen molar-refractivity contribution in [1.29, 1.82) is 0 Å². The molecule has 5 heteroatoms. The zero-order valence-electron chi connectivity index (χ0n) is 6.12. The largest absolute Gasteiger partial charge is 0.394 e. The van der Waals surface area contributed by atoms with Gasteiger partial charge in [0.2, 0.25) is 0 Å². The van der Waals surface area contributed by atoms with Gasteiger partial charge in [0.05, 0.1) is 13.2 Å². The van der Waals surface area contributed by atoms with E-state index in [0.717, 1.165) is 0 Å². The van der Waals surface area contributed by atoms with Crippen molar-refractivity contribution in [3.63, 3.8) is 0 Å². The molecule has 0 atom stereocenters. The van der Waals surface area contributed by atoms with E-state index in [4.69, 9.17) is 16.6 Å². The molecule has 6 N–H and O–H groups in total. The van der Waals surface area contributed by atoms with E-state index in [1.807, 2.05) is 0 Å². The molecule has 0 saturated heterocycles. The highest BCUT2D eigenvalue weighted by atomic mass is 16.3. The first-order chi connectivity index (χ1) is 5.25. The molecular weight excluding hydrogens is 144 g/mol. The number of hydrogen-bond donors (Lipinski definition) is 4. The minimum absolute atomic E-state index is 0.0526. The van der Waals surface area contributed by atoms with Gasteiger partial charge in [-0.15, -0.1) is 0 Å². The third kappa shape index (κ3) is 1.56. The lowest BCUT2D eigenvalue weighted by Gasteiger charge is -2.09. The SMILES string of the molecule is Nc1ccc(N)n1NCCO. The van der Waals surface area contributed by atoms with Crippen LogP contribution < -0.4 is 16.9 Å². The number of hydrogen-bond acceptors (Lipinski definition) is 4. The van der Waals surface area contributed by atoms with Crippen LogP contribution in [0.4, 0.5) is 11.6 Å². The predicted octanol–water partition coefficient (Wildman–Crippen LogP) is -0.812. The standard InChI is InChI=1S/C6H12N4O/c7-5-1-2-6(8)10(5)9-3-4-11/h1-2,9,11H,3-4,7-8H2. The molecular formula is C6H12N4O. The smallest absolute Gasteiger partial charge is 0.124 e. The number of nitrogen functional groups attached to an aromatic ring is 2. The van der Waals surface area contributed by atoms with E-state index in [0.29, 0.717) is 18.2 Å². The number of rotatable bonds is 3. The van der Waals surface area contributed by atoms with Crippen molar-refractivity contribution in [1.82, 2.24) is 4.68 Å². The Hall–Kier alpha value is -1.36. The number of anilines is 2. The average molecular weight is 156 g/mol. The van der Waals surface area contributed by atoms with Crippen LogP contribution in [-0.2, 0) is 0 Å². The molecule has 0 bridgehead atoms. The molecule has 1 aromatic heterocycles. The number of aliphatic hydroxyl groups is 1. The fourth-order valence-corrected chi connectivity index (χ4v) is 0.813. The zero-order valence-corrected chi connectivity index (χ0v) is 6.12. The Kier molecular flexibility index (Phi) is 2.22. The quantitative estimate of drug-likeness (QED) is 0.460. The van der Waals surface area contributed by atoms with Crippen molar-refractivity contribution in [2.45, 2.75) is 0 Å². The van der Waals surface area contributed by atoms with Gasteiger partial charge in [-0.2, -0.15) is 0 Å². The van der Waals surface area contributed by atoms with Crippen LogP contribution in [0.3, 0.4) is 0 Å². The van der Waals surface area contributed by atoms with E-state index >= 15 is 0 Å². The zero-order chi connectivity index (χ0) is 8.27. The lowest BCUT2D eigenvalue weighted by atomic mass is 10.6. The van der Waals surface area contributed by atoms with Gasteiger partial charge >= 0.3 is 0 Å². The highest BCUT2D eigenvalue weighted by molar-refractivity contribution is 5.46. The summed E-state index contributed by atoms with van der Waals surface area (Å²) < 4.78 is 1.52. The molecule has 0 aliphatic heterocycles. The maximum Gasteiger partial charge on any atom is 0.124 e. The maximum atomic E-state index is 8.49. The third-order valence-corrected chi connectivity index (χ3v) is 1.32. The normalized spacial score (nSPS) is 9.91. The summed E-state index contributed by atoms with van der Waals surface area (Å²) in [7, 11) is 0. The van der Waals surface area contributed by atoms with E-state index < -0.39 is 0 Å². The van der Waals surface area contributed by atoms with Crippen LogP contribution in [0.1, 0.15) is 0 Å². The van der Waals surface area contributed by atoms with Crippen molar-refractivity contribution in [3.8, 4) is 0 Å². The lowest BCUT2D eigenvalue weighted by Crippen LogP contribution is -2.21. The number of nitrogens with one attached hydrogen (secondary N) is 1. The first-order valence-corrected chi connectivity index (χ1v) is 3.33. The van der Waals surface area contributed by atoms with Crippen molar-refractivity contribution in [3.05, 3.63) is 12.1 Å². The molecule has 0 saturated carbocycles. The van der Waals surface area contributed by atoms with Crippen LogP contribution in [0, 0.1) is 0 Å². The maximum absolute atomic E-state index is 8.49. The highest BCUT2D eigenvalue weighted by Crippen LogP contribution is 2.09. The molecule has 0 radical (unpaired) electrons. The number of aliphatic hydroxyl groups excluding tert-OH is 1. The molecule has 0 aliphatic rings. The third-order valence-electron chi connectivity index (χ3n) is 1.32. The van der Waals surface area contributed by atoms with E-state index in [1.165, 1.54) is 4.68 Å². The second-order valence-electron chi connectivity index (χ2n) is 2.15. The minimum Gasteiger partial charge on any atom is -0.394 e. The topological polar surface area (TPSA) is 89.2 Å². The van der Waals surface area contributed by atoms with Crippen LogP contribution in [0.5, 0.6) is 0 Å². The van der Waals surface area contributed by atoms with Crippen LogP contribution in [0.15, 0.2) is 12.1 Å².